The molecule has 1 N–H and O–H groups in total. The fraction of sp³-hybridized carbons (Fsp3) is 0.375. The number of benzene rings is 1. The SMILES string of the molecule is Cc1ccc(F)c(C(=O)Nc2c(C)nn(C(C)C)c2C)c1. The lowest BCUT2D eigenvalue weighted by molar-refractivity contribution is 0.102. The number of rotatable bonds is 3. The molecule has 0 spiro atoms. The highest BCUT2D eigenvalue weighted by molar-refractivity contribution is 6.05. The van der Waals surface area contributed by atoms with Crippen LogP contribution in [0, 0.1) is 26.6 Å². The fourth-order valence-corrected chi connectivity index (χ4v) is 2.34. The number of nitrogens with one attached hydrogen (secondary N) is 1. The first-order valence-corrected chi connectivity index (χ1v) is 6.94. The fourth-order valence-electron chi connectivity index (χ4n) is 2.34. The second kappa shape index (κ2) is 5.68. The molecule has 0 aliphatic heterocycles. The topological polar surface area (TPSA) is 46.9 Å². The van der Waals surface area contributed by atoms with Gasteiger partial charge in [-0.1, -0.05) is 11.6 Å². The number of hydrogen-bond acceptors (Lipinski definition) is 2. The summed E-state index contributed by atoms with van der Waals surface area (Å²) in [7, 11) is 0. The van der Waals surface area contributed by atoms with E-state index in [1.54, 1.807) is 12.1 Å². The van der Waals surface area contributed by atoms with Crippen LogP contribution in [0.15, 0.2) is 18.2 Å². The molecule has 0 aliphatic carbocycles. The highest BCUT2D eigenvalue weighted by Crippen LogP contribution is 2.23. The third-order valence-corrected chi connectivity index (χ3v) is 3.42. The van der Waals surface area contributed by atoms with Gasteiger partial charge in [0.05, 0.1) is 22.6 Å². The second-order valence-electron chi connectivity index (χ2n) is 5.52. The summed E-state index contributed by atoms with van der Waals surface area (Å²) in [6.07, 6.45) is 0. The summed E-state index contributed by atoms with van der Waals surface area (Å²) in [5.41, 5.74) is 3.13. The monoisotopic (exact) mass is 289 g/mol. The normalized spacial score (nSPS) is 11.0. The van der Waals surface area contributed by atoms with Gasteiger partial charge in [-0.2, -0.15) is 5.10 Å². The van der Waals surface area contributed by atoms with Gasteiger partial charge in [0, 0.05) is 6.04 Å². The number of carbonyl (C=O) groups is 1. The summed E-state index contributed by atoms with van der Waals surface area (Å²) in [5.74, 6) is -0.977. The third-order valence-electron chi connectivity index (χ3n) is 3.42. The molecular weight excluding hydrogens is 269 g/mol. The van der Waals surface area contributed by atoms with Crippen molar-refractivity contribution in [3.05, 3.63) is 46.5 Å². The molecule has 4 nitrogen and oxygen atoms in total. The van der Waals surface area contributed by atoms with Crippen LogP contribution < -0.4 is 5.32 Å². The van der Waals surface area contributed by atoms with E-state index in [-0.39, 0.29) is 11.6 Å². The quantitative estimate of drug-likeness (QED) is 0.934. The van der Waals surface area contributed by atoms with Crippen LogP contribution in [0.3, 0.4) is 0 Å². The zero-order valence-electron chi connectivity index (χ0n) is 13.0. The standard InChI is InChI=1S/C16H20FN3O/c1-9(2)20-12(5)15(11(4)19-20)18-16(21)13-8-10(3)6-7-14(13)17/h6-9H,1-5H3,(H,18,21). The lowest BCUT2D eigenvalue weighted by Crippen LogP contribution is -2.15. The summed E-state index contributed by atoms with van der Waals surface area (Å²) in [6.45, 7) is 9.58. The van der Waals surface area contributed by atoms with Crippen molar-refractivity contribution >= 4 is 11.6 Å². The molecule has 2 aromatic rings. The van der Waals surface area contributed by atoms with Gasteiger partial charge >= 0.3 is 0 Å². The summed E-state index contributed by atoms with van der Waals surface area (Å²) >= 11 is 0. The Bertz CT molecular complexity index is 689. The maximum absolute atomic E-state index is 13.8. The minimum atomic E-state index is -0.523. The summed E-state index contributed by atoms with van der Waals surface area (Å²) in [6, 6.07) is 4.69. The van der Waals surface area contributed by atoms with Crippen LogP contribution in [-0.2, 0) is 0 Å². The van der Waals surface area contributed by atoms with Crippen molar-refractivity contribution in [2.75, 3.05) is 5.32 Å². The number of amides is 1. The van der Waals surface area contributed by atoms with Crippen LogP contribution in [0.5, 0.6) is 0 Å². The first-order chi connectivity index (χ1) is 9.81. The van der Waals surface area contributed by atoms with Crippen molar-refractivity contribution < 1.29 is 9.18 Å². The van der Waals surface area contributed by atoms with E-state index in [1.165, 1.54) is 6.07 Å². The first kappa shape index (κ1) is 15.2. The van der Waals surface area contributed by atoms with Gasteiger partial charge in [-0.15, -0.1) is 0 Å². The second-order valence-corrected chi connectivity index (χ2v) is 5.52. The van der Waals surface area contributed by atoms with Gasteiger partial charge in [0.25, 0.3) is 5.91 Å². The molecule has 1 aromatic heterocycles. The smallest absolute Gasteiger partial charge is 0.258 e. The molecule has 0 saturated heterocycles. The third kappa shape index (κ3) is 2.96. The van der Waals surface area contributed by atoms with E-state index in [2.05, 4.69) is 10.4 Å². The highest BCUT2D eigenvalue weighted by atomic mass is 19.1. The van der Waals surface area contributed by atoms with E-state index >= 15 is 0 Å². The number of hydrogen-bond donors (Lipinski definition) is 1. The molecule has 1 aromatic carbocycles. The van der Waals surface area contributed by atoms with E-state index in [0.29, 0.717) is 5.69 Å². The van der Waals surface area contributed by atoms with Gasteiger partial charge in [-0.3, -0.25) is 9.48 Å². The Morgan fingerprint density at radius 1 is 1.29 bits per heavy atom. The molecule has 0 atom stereocenters. The van der Waals surface area contributed by atoms with Gasteiger partial charge in [0.1, 0.15) is 5.82 Å². The van der Waals surface area contributed by atoms with Crippen LogP contribution in [0.2, 0.25) is 0 Å². The molecule has 0 aliphatic rings. The van der Waals surface area contributed by atoms with E-state index in [4.69, 9.17) is 0 Å². The molecule has 112 valence electrons. The Kier molecular flexibility index (Phi) is 4.11. The van der Waals surface area contributed by atoms with Crippen molar-refractivity contribution in [3.63, 3.8) is 0 Å². The van der Waals surface area contributed by atoms with E-state index < -0.39 is 11.7 Å². The molecule has 2 rings (SSSR count). The van der Waals surface area contributed by atoms with Crippen LogP contribution in [0.4, 0.5) is 10.1 Å². The Labute approximate surface area is 124 Å². The Balaban J connectivity index is 2.34. The summed E-state index contributed by atoms with van der Waals surface area (Å²) in [5, 5.41) is 7.18. The number of carbonyl (C=O) groups excluding carboxylic acids is 1. The highest BCUT2D eigenvalue weighted by Gasteiger charge is 2.18. The average molecular weight is 289 g/mol. The van der Waals surface area contributed by atoms with Crippen molar-refractivity contribution in [2.45, 2.75) is 40.7 Å². The van der Waals surface area contributed by atoms with Gasteiger partial charge in [0.15, 0.2) is 0 Å². The van der Waals surface area contributed by atoms with Crippen LogP contribution in [0.25, 0.3) is 0 Å². The average Bonchev–Trinajstić information content (AvgIpc) is 2.69. The lowest BCUT2D eigenvalue weighted by Gasteiger charge is -2.10. The van der Waals surface area contributed by atoms with E-state index in [1.807, 2.05) is 39.3 Å². The number of halogens is 1. The summed E-state index contributed by atoms with van der Waals surface area (Å²) < 4.78 is 15.6. The van der Waals surface area contributed by atoms with Crippen LogP contribution in [0.1, 0.15) is 47.2 Å². The van der Waals surface area contributed by atoms with Crippen molar-refractivity contribution in [3.8, 4) is 0 Å². The van der Waals surface area contributed by atoms with E-state index in [0.717, 1.165) is 17.0 Å². The van der Waals surface area contributed by atoms with Gasteiger partial charge < -0.3 is 5.32 Å². The predicted molar refractivity (Wildman–Crippen MR) is 81.2 cm³/mol. The number of nitrogens with zero attached hydrogens (tertiary/aromatic N) is 2. The first-order valence-electron chi connectivity index (χ1n) is 6.94. The van der Waals surface area contributed by atoms with Crippen molar-refractivity contribution in [1.29, 1.82) is 0 Å². The van der Waals surface area contributed by atoms with Crippen molar-refractivity contribution in [1.82, 2.24) is 9.78 Å². The molecule has 0 bridgehead atoms. The molecule has 0 unspecified atom stereocenters. The molecule has 1 amide bonds. The molecule has 0 radical (unpaired) electrons. The summed E-state index contributed by atoms with van der Waals surface area (Å²) in [4.78, 5) is 12.3. The minimum absolute atomic E-state index is 0.0473. The largest absolute Gasteiger partial charge is 0.319 e. The molecule has 0 fully saturated rings. The van der Waals surface area contributed by atoms with Crippen molar-refractivity contribution in [2.24, 2.45) is 0 Å². The molecule has 0 saturated carbocycles. The zero-order chi connectivity index (χ0) is 15.7. The van der Waals surface area contributed by atoms with Crippen LogP contribution in [-0.4, -0.2) is 15.7 Å². The molecular formula is C16H20FN3O. The number of aryl methyl sites for hydroxylation is 2. The Morgan fingerprint density at radius 2 is 1.95 bits per heavy atom. The van der Waals surface area contributed by atoms with Gasteiger partial charge in [0.2, 0.25) is 0 Å². The van der Waals surface area contributed by atoms with E-state index in [9.17, 15) is 9.18 Å². The Hall–Kier alpha value is -2.17. The molecule has 5 heteroatoms. The molecule has 1 heterocycles. The van der Waals surface area contributed by atoms with Gasteiger partial charge in [-0.25, -0.2) is 4.39 Å². The van der Waals surface area contributed by atoms with Gasteiger partial charge in [-0.05, 0) is 46.8 Å². The number of anilines is 1. The predicted octanol–water partition coefficient (Wildman–Crippen LogP) is 3.78. The maximum Gasteiger partial charge on any atom is 0.258 e. The zero-order valence-corrected chi connectivity index (χ0v) is 13.0. The maximum atomic E-state index is 13.8. The minimum Gasteiger partial charge on any atom is -0.319 e. The Morgan fingerprint density at radius 3 is 2.52 bits per heavy atom. The lowest BCUT2D eigenvalue weighted by atomic mass is 10.1. The number of aromatic nitrogens is 2. The van der Waals surface area contributed by atoms with Crippen LogP contribution >= 0.6 is 0 Å². The molecule has 21 heavy (non-hydrogen) atoms.